The molecule has 0 atom stereocenters. The van der Waals surface area contributed by atoms with Crippen LogP contribution in [-0.2, 0) is 10.0 Å². The van der Waals surface area contributed by atoms with E-state index in [2.05, 4.69) is 19.8 Å². The van der Waals surface area contributed by atoms with Crippen molar-refractivity contribution in [3.8, 4) is 22.7 Å². The highest BCUT2D eigenvalue weighted by Crippen LogP contribution is 2.26. The third-order valence-electron chi connectivity index (χ3n) is 6.06. The van der Waals surface area contributed by atoms with Gasteiger partial charge in [0.15, 0.2) is 0 Å². The Kier molecular flexibility index (Phi) is 7.30. The van der Waals surface area contributed by atoms with E-state index in [0.29, 0.717) is 39.7 Å². The molecule has 0 bridgehead atoms. The zero-order valence-electron chi connectivity index (χ0n) is 21.5. The van der Waals surface area contributed by atoms with Crippen LogP contribution in [0.15, 0.2) is 112 Å². The number of halogens is 1. The Morgan fingerprint density at radius 1 is 0.975 bits per heavy atom. The summed E-state index contributed by atoms with van der Waals surface area (Å²) in [5, 5.41) is 3.13. The van der Waals surface area contributed by atoms with E-state index in [1.807, 2.05) is 12.1 Å². The first-order valence-corrected chi connectivity index (χ1v) is 13.6. The van der Waals surface area contributed by atoms with E-state index in [0.717, 1.165) is 0 Å². The molecule has 5 rings (SSSR count). The van der Waals surface area contributed by atoms with E-state index in [1.54, 1.807) is 56.5 Å². The third-order valence-corrected chi connectivity index (χ3v) is 7.43. The van der Waals surface area contributed by atoms with Gasteiger partial charge in [-0.05, 0) is 91.9 Å². The lowest BCUT2D eigenvalue weighted by atomic mass is 10.0. The quantitative estimate of drug-likeness (QED) is 0.251. The molecule has 11 heteroatoms. The number of anilines is 1. The number of aromatic nitrogens is 3. The number of methoxy groups -OCH3 is 1. The minimum atomic E-state index is -3.85. The number of nitrogens with zero attached hydrogens (tertiary/aromatic N) is 3. The Morgan fingerprint density at radius 3 is 2.30 bits per heavy atom. The number of aliphatic imine (C=N–C) groups is 1. The number of benzene rings is 3. The minimum Gasteiger partial charge on any atom is -0.497 e. The molecular formula is C29H24FN5O4S. The fourth-order valence-corrected chi connectivity index (χ4v) is 5.09. The van der Waals surface area contributed by atoms with Crippen LogP contribution in [0.25, 0.3) is 16.9 Å². The highest BCUT2D eigenvalue weighted by Gasteiger charge is 2.20. The molecular weight excluding hydrogens is 533 g/mol. The third kappa shape index (κ3) is 5.54. The largest absolute Gasteiger partial charge is 0.497 e. The number of sulfonamides is 1. The summed E-state index contributed by atoms with van der Waals surface area (Å²) in [6, 6.07) is 23.6. The van der Waals surface area contributed by atoms with Gasteiger partial charge >= 0.3 is 0 Å². The first-order chi connectivity index (χ1) is 19.2. The number of pyridine rings is 1. The number of aromatic amines is 1. The summed E-state index contributed by atoms with van der Waals surface area (Å²) in [6.07, 6.45) is 1.49. The molecule has 0 saturated carbocycles. The smallest absolute Gasteiger partial charge is 0.280 e. The normalized spacial score (nSPS) is 11.8. The van der Waals surface area contributed by atoms with E-state index in [1.165, 1.54) is 47.3 Å². The number of hydrogen-bond acceptors (Lipinski definition) is 6. The average molecular weight is 558 g/mol. The fraction of sp³-hybridized carbons (Fsp3) is 0.0690. The maximum atomic E-state index is 13.6. The molecule has 3 aromatic carbocycles. The van der Waals surface area contributed by atoms with Crippen molar-refractivity contribution in [2.45, 2.75) is 11.8 Å². The lowest BCUT2D eigenvalue weighted by Gasteiger charge is -2.07. The maximum Gasteiger partial charge on any atom is 0.280 e. The van der Waals surface area contributed by atoms with Crippen LogP contribution in [0.4, 0.5) is 15.9 Å². The predicted octanol–water partition coefficient (Wildman–Crippen LogP) is 5.32. The SMILES string of the molecule is COc1ccc(-c2[nH]n(-c3ccc(F)cc3)c(=O)c2C(C)=Nc2ccc(S(=O)(=O)Nc3ccccn3)cc2)cc1. The molecule has 0 fully saturated rings. The molecule has 0 amide bonds. The van der Waals surface area contributed by atoms with Gasteiger partial charge in [0.2, 0.25) is 0 Å². The molecule has 2 N–H and O–H groups in total. The zero-order chi connectivity index (χ0) is 28.3. The summed E-state index contributed by atoms with van der Waals surface area (Å²) in [5.74, 6) is 0.442. The predicted molar refractivity (Wildman–Crippen MR) is 152 cm³/mol. The van der Waals surface area contributed by atoms with Crippen LogP contribution in [0.2, 0.25) is 0 Å². The molecule has 0 aliphatic carbocycles. The number of H-pyrrole nitrogens is 1. The van der Waals surface area contributed by atoms with Gasteiger partial charge in [-0.15, -0.1) is 0 Å². The molecule has 0 aliphatic heterocycles. The van der Waals surface area contributed by atoms with Crippen LogP contribution in [0.1, 0.15) is 12.5 Å². The number of rotatable bonds is 8. The average Bonchev–Trinajstić information content (AvgIpc) is 3.31. The van der Waals surface area contributed by atoms with Crippen LogP contribution in [0.3, 0.4) is 0 Å². The first-order valence-electron chi connectivity index (χ1n) is 12.1. The summed E-state index contributed by atoms with van der Waals surface area (Å²) in [6.45, 7) is 1.69. The lowest BCUT2D eigenvalue weighted by molar-refractivity contribution is 0.415. The van der Waals surface area contributed by atoms with Gasteiger partial charge < -0.3 is 4.74 Å². The fourth-order valence-electron chi connectivity index (χ4n) is 4.08. The van der Waals surface area contributed by atoms with E-state index >= 15 is 0 Å². The van der Waals surface area contributed by atoms with E-state index in [9.17, 15) is 17.6 Å². The Balaban J connectivity index is 1.52. The summed E-state index contributed by atoms with van der Waals surface area (Å²) < 4.78 is 48.0. The second kappa shape index (κ2) is 11.0. The summed E-state index contributed by atoms with van der Waals surface area (Å²) in [7, 11) is -2.29. The van der Waals surface area contributed by atoms with Crippen LogP contribution < -0.4 is 15.0 Å². The van der Waals surface area contributed by atoms with Crippen LogP contribution >= 0.6 is 0 Å². The second-order valence-electron chi connectivity index (χ2n) is 8.72. The summed E-state index contributed by atoms with van der Waals surface area (Å²) >= 11 is 0. The highest BCUT2D eigenvalue weighted by atomic mass is 32.2. The zero-order valence-corrected chi connectivity index (χ0v) is 22.3. The molecule has 0 aliphatic rings. The monoisotopic (exact) mass is 557 g/mol. The molecule has 0 saturated heterocycles. The molecule has 2 heterocycles. The Labute approximate surface area is 229 Å². The van der Waals surface area contributed by atoms with Gasteiger partial charge in [-0.1, -0.05) is 6.07 Å². The van der Waals surface area contributed by atoms with Crippen molar-refractivity contribution in [1.29, 1.82) is 0 Å². The van der Waals surface area contributed by atoms with Gasteiger partial charge in [0.05, 0.1) is 40.3 Å². The number of ether oxygens (including phenoxy) is 1. The molecule has 0 unspecified atom stereocenters. The molecule has 0 radical (unpaired) electrons. The van der Waals surface area contributed by atoms with Crippen LogP contribution in [-0.4, -0.2) is 36.0 Å². The summed E-state index contributed by atoms with van der Waals surface area (Å²) in [5.41, 5.74) is 2.46. The minimum absolute atomic E-state index is 0.0361. The van der Waals surface area contributed by atoms with Crippen molar-refractivity contribution in [2.24, 2.45) is 4.99 Å². The summed E-state index contributed by atoms with van der Waals surface area (Å²) in [4.78, 5) is 22.2. The van der Waals surface area contributed by atoms with E-state index in [4.69, 9.17) is 4.74 Å². The van der Waals surface area contributed by atoms with Crippen LogP contribution in [0, 0.1) is 5.82 Å². The topological polar surface area (TPSA) is 118 Å². The number of hydrogen-bond donors (Lipinski definition) is 2. The van der Waals surface area contributed by atoms with Gasteiger partial charge in [0.25, 0.3) is 15.6 Å². The second-order valence-corrected chi connectivity index (χ2v) is 10.4. The highest BCUT2D eigenvalue weighted by molar-refractivity contribution is 7.92. The van der Waals surface area contributed by atoms with Crippen molar-refractivity contribution in [3.63, 3.8) is 0 Å². The molecule has 0 spiro atoms. The first kappa shape index (κ1) is 26.6. The Hall–Kier alpha value is -5.03. The molecule has 2 aromatic heterocycles. The van der Waals surface area contributed by atoms with Gasteiger partial charge in [-0.3, -0.25) is 19.6 Å². The molecule has 5 aromatic rings. The molecule has 9 nitrogen and oxygen atoms in total. The van der Waals surface area contributed by atoms with Gasteiger partial charge in [0.1, 0.15) is 17.4 Å². The van der Waals surface area contributed by atoms with Crippen molar-refractivity contribution in [1.82, 2.24) is 14.8 Å². The van der Waals surface area contributed by atoms with Crippen molar-refractivity contribution < 1.29 is 17.5 Å². The van der Waals surface area contributed by atoms with Crippen molar-refractivity contribution in [3.05, 3.63) is 119 Å². The Morgan fingerprint density at radius 2 is 1.68 bits per heavy atom. The van der Waals surface area contributed by atoms with Crippen LogP contribution in [0.5, 0.6) is 5.75 Å². The van der Waals surface area contributed by atoms with Crippen molar-refractivity contribution in [2.75, 3.05) is 11.8 Å². The van der Waals surface area contributed by atoms with E-state index < -0.39 is 15.8 Å². The lowest BCUT2D eigenvalue weighted by Crippen LogP contribution is -2.19. The standard InChI is InChI=1S/C29H24FN5O4S/c1-19(32-22-10-16-25(17-11-22)40(37,38)34-26-5-3-4-18-31-26)27-28(20-6-14-24(39-2)15-7-20)33-35(29(27)36)23-12-8-21(30)9-13-23/h3-18,33H,1-2H3,(H,31,34). The maximum absolute atomic E-state index is 13.6. The van der Waals surface area contributed by atoms with Gasteiger partial charge in [-0.2, -0.15) is 0 Å². The molecule has 40 heavy (non-hydrogen) atoms. The van der Waals surface area contributed by atoms with Crippen molar-refractivity contribution >= 4 is 27.2 Å². The van der Waals surface area contributed by atoms with Gasteiger partial charge in [-0.25, -0.2) is 22.5 Å². The molecule has 202 valence electrons. The van der Waals surface area contributed by atoms with E-state index in [-0.39, 0.29) is 16.3 Å². The Bertz CT molecular complexity index is 1830. The van der Waals surface area contributed by atoms with Gasteiger partial charge in [0, 0.05) is 11.8 Å². The number of nitrogens with one attached hydrogen (secondary N) is 2.